The van der Waals surface area contributed by atoms with Gasteiger partial charge in [-0.1, -0.05) is 12.1 Å². The Labute approximate surface area is 113 Å². The van der Waals surface area contributed by atoms with Gasteiger partial charge < -0.3 is 9.88 Å². The summed E-state index contributed by atoms with van der Waals surface area (Å²) in [6.07, 6.45) is 4.69. The van der Waals surface area contributed by atoms with E-state index in [1.807, 2.05) is 24.5 Å². The van der Waals surface area contributed by atoms with Crippen molar-refractivity contribution in [2.45, 2.75) is 39.4 Å². The number of halogens is 1. The van der Waals surface area contributed by atoms with Crippen LogP contribution in [0.25, 0.3) is 0 Å². The van der Waals surface area contributed by atoms with Crippen molar-refractivity contribution < 1.29 is 4.39 Å². The quantitative estimate of drug-likeness (QED) is 0.866. The molecule has 2 rings (SSSR count). The van der Waals surface area contributed by atoms with Gasteiger partial charge in [-0.2, -0.15) is 0 Å². The van der Waals surface area contributed by atoms with Gasteiger partial charge in [-0.25, -0.2) is 9.37 Å². The van der Waals surface area contributed by atoms with Crippen molar-refractivity contribution in [3.05, 3.63) is 53.9 Å². The smallest absolute Gasteiger partial charge is 0.123 e. The van der Waals surface area contributed by atoms with E-state index in [0.717, 1.165) is 30.9 Å². The molecule has 0 fully saturated rings. The van der Waals surface area contributed by atoms with E-state index in [2.05, 4.69) is 28.7 Å². The number of aryl methyl sites for hydroxylation is 1. The molecule has 0 spiro atoms. The Bertz CT molecular complexity index is 504. The van der Waals surface area contributed by atoms with Crippen LogP contribution in [-0.2, 0) is 19.5 Å². The summed E-state index contributed by atoms with van der Waals surface area (Å²) in [5.74, 6) is 0.864. The minimum Gasteiger partial charge on any atom is -0.334 e. The first-order valence-electron chi connectivity index (χ1n) is 6.67. The lowest BCUT2D eigenvalue weighted by molar-refractivity contribution is 0.518. The van der Waals surface area contributed by atoms with Gasteiger partial charge in [0.2, 0.25) is 0 Å². The third kappa shape index (κ3) is 3.89. The molecule has 2 aromatic rings. The van der Waals surface area contributed by atoms with Crippen LogP contribution >= 0.6 is 0 Å². The average molecular weight is 261 g/mol. The van der Waals surface area contributed by atoms with E-state index >= 15 is 0 Å². The number of nitrogens with zero attached hydrogens (tertiary/aromatic N) is 2. The van der Waals surface area contributed by atoms with Crippen molar-refractivity contribution in [3.63, 3.8) is 0 Å². The number of hydrogen-bond acceptors (Lipinski definition) is 2. The standard InChI is InChI=1S/C15H20FN3/c1-3-19-9-8-17-15(19)11-18-12(2)10-13-4-6-14(16)7-5-13/h4-9,12,18H,3,10-11H2,1-2H3. The molecule has 0 saturated carbocycles. The maximum absolute atomic E-state index is 12.8. The molecule has 1 aromatic carbocycles. The van der Waals surface area contributed by atoms with E-state index in [1.165, 1.54) is 12.1 Å². The van der Waals surface area contributed by atoms with Gasteiger partial charge in [-0.05, 0) is 38.0 Å². The van der Waals surface area contributed by atoms with Crippen LogP contribution in [0.1, 0.15) is 25.2 Å². The van der Waals surface area contributed by atoms with Crippen molar-refractivity contribution in [1.82, 2.24) is 14.9 Å². The molecule has 19 heavy (non-hydrogen) atoms. The summed E-state index contributed by atoms with van der Waals surface area (Å²) < 4.78 is 14.9. The highest BCUT2D eigenvalue weighted by Crippen LogP contribution is 2.06. The summed E-state index contributed by atoms with van der Waals surface area (Å²) in [5.41, 5.74) is 1.14. The van der Waals surface area contributed by atoms with E-state index in [1.54, 1.807) is 0 Å². The second-order valence-electron chi connectivity index (χ2n) is 4.74. The summed E-state index contributed by atoms with van der Waals surface area (Å²) >= 11 is 0. The maximum Gasteiger partial charge on any atom is 0.123 e. The molecule has 0 radical (unpaired) electrons. The number of benzene rings is 1. The van der Waals surface area contributed by atoms with Gasteiger partial charge >= 0.3 is 0 Å². The molecule has 0 amide bonds. The molecule has 4 heteroatoms. The molecule has 1 heterocycles. The maximum atomic E-state index is 12.8. The minimum absolute atomic E-state index is 0.186. The van der Waals surface area contributed by atoms with Crippen molar-refractivity contribution in [1.29, 1.82) is 0 Å². The molecule has 0 aliphatic rings. The molecule has 0 aliphatic heterocycles. The van der Waals surface area contributed by atoms with Crippen LogP contribution < -0.4 is 5.32 Å². The number of aromatic nitrogens is 2. The van der Waals surface area contributed by atoms with Gasteiger partial charge in [0.1, 0.15) is 11.6 Å². The Hall–Kier alpha value is -1.68. The Morgan fingerprint density at radius 1 is 1.32 bits per heavy atom. The molecule has 1 N–H and O–H groups in total. The van der Waals surface area contributed by atoms with Crippen molar-refractivity contribution in [3.8, 4) is 0 Å². The highest BCUT2D eigenvalue weighted by Gasteiger charge is 2.06. The normalized spacial score (nSPS) is 12.6. The second kappa shape index (κ2) is 6.48. The Morgan fingerprint density at radius 2 is 2.05 bits per heavy atom. The second-order valence-corrected chi connectivity index (χ2v) is 4.74. The van der Waals surface area contributed by atoms with Crippen LogP contribution in [0.15, 0.2) is 36.7 Å². The summed E-state index contributed by atoms with van der Waals surface area (Å²) in [5, 5.41) is 3.45. The average Bonchev–Trinajstić information content (AvgIpc) is 2.86. The van der Waals surface area contributed by atoms with Gasteiger partial charge in [-0.3, -0.25) is 0 Å². The lowest BCUT2D eigenvalue weighted by Gasteiger charge is -2.14. The molecule has 1 unspecified atom stereocenters. The Kier molecular flexibility index (Phi) is 4.68. The molecule has 1 atom stereocenters. The summed E-state index contributed by atoms with van der Waals surface area (Å²) in [6.45, 7) is 5.92. The third-order valence-corrected chi connectivity index (χ3v) is 3.21. The largest absolute Gasteiger partial charge is 0.334 e. The summed E-state index contributed by atoms with van der Waals surface area (Å²) in [7, 11) is 0. The van der Waals surface area contributed by atoms with Crippen LogP contribution in [0.4, 0.5) is 4.39 Å². The lowest BCUT2D eigenvalue weighted by Crippen LogP contribution is -2.28. The van der Waals surface area contributed by atoms with Gasteiger partial charge in [0.05, 0.1) is 6.54 Å². The van der Waals surface area contributed by atoms with Gasteiger partial charge in [-0.15, -0.1) is 0 Å². The predicted octanol–water partition coefficient (Wildman–Crippen LogP) is 2.76. The summed E-state index contributed by atoms with van der Waals surface area (Å²) in [6, 6.07) is 7.01. The van der Waals surface area contributed by atoms with Crippen molar-refractivity contribution >= 4 is 0 Å². The molecule has 0 bridgehead atoms. The van der Waals surface area contributed by atoms with Crippen molar-refractivity contribution in [2.75, 3.05) is 0 Å². The third-order valence-electron chi connectivity index (χ3n) is 3.21. The molecule has 0 aliphatic carbocycles. The topological polar surface area (TPSA) is 29.9 Å². The first-order chi connectivity index (χ1) is 9.19. The van der Waals surface area contributed by atoms with Gasteiger partial charge in [0.15, 0.2) is 0 Å². The van der Waals surface area contributed by atoms with Gasteiger partial charge in [0.25, 0.3) is 0 Å². The molecule has 0 saturated heterocycles. The number of hydrogen-bond donors (Lipinski definition) is 1. The van der Waals surface area contributed by atoms with E-state index < -0.39 is 0 Å². The number of imidazole rings is 1. The lowest BCUT2D eigenvalue weighted by atomic mass is 10.1. The van der Waals surface area contributed by atoms with E-state index in [0.29, 0.717) is 6.04 Å². The first kappa shape index (κ1) is 13.7. The predicted molar refractivity (Wildman–Crippen MR) is 74.3 cm³/mol. The van der Waals surface area contributed by atoms with Crippen LogP contribution in [-0.4, -0.2) is 15.6 Å². The van der Waals surface area contributed by atoms with Crippen LogP contribution in [0.3, 0.4) is 0 Å². The Morgan fingerprint density at radius 3 is 2.74 bits per heavy atom. The zero-order valence-electron chi connectivity index (χ0n) is 11.4. The van der Waals surface area contributed by atoms with Crippen LogP contribution in [0, 0.1) is 5.82 Å². The van der Waals surface area contributed by atoms with E-state index in [4.69, 9.17) is 0 Å². The summed E-state index contributed by atoms with van der Waals surface area (Å²) in [4.78, 5) is 4.33. The molecular formula is C15H20FN3. The van der Waals surface area contributed by atoms with Crippen LogP contribution in [0.2, 0.25) is 0 Å². The van der Waals surface area contributed by atoms with Crippen molar-refractivity contribution in [2.24, 2.45) is 0 Å². The number of nitrogens with one attached hydrogen (secondary N) is 1. The molecule has 3 nitrogen and oxygen atoms in total. The molecule has 1 aromatic heterocycles. The minimum atomic E-state index is -0.186. The van der Waals surface area contributed by atoms with E-state index in [-0.39, 0.29) is 5.82 Å². The van der Waals surface area contributed by atoms with Gasteiger partial charge in [0, 0.05) is 25.0 Å². The fraction of sp³-hybridized carbons (Fsp3) is 0.400. The highest BCUT2D eigenvalue weighted by atomic mass is 19.1. The SMILES string of the molecule is CCn1ccnc1CNC(C)Cc1ccc(F)cc1. The molecular weight excluding hydrogens is 241 g/mol. The van der Waals surface area contributed by atoms with Crippen LogP contribution in [0.5, 0.6) is 0 Å². The number of rotatable bonds is 6. The molecule has 102 valence electrons. The Balaban J connectivity index is 1.84. The highest BCUT2D eigenvalue weighted by molar-refractivity contribution is 5.17. The zero-order valence-corrected chi connectivity index (χ0v) is 11.4. The van der Waals surface area contributed by atoms with E-state index in [9.17, 15) is 4.39 Å². The monoisotopic (exact) mass is 261 g/mol. The first-order valence-corrected chi connectivity index (χ1v) is 6.67. The fourth-order valence-corrected chi connectivity index (χ4v) is 2.11. The fourth-order valence-electron chi connectivity index (χ4n) is 2.11. The zero-order chi connectivity index (χ0) is 13.7.